The molecule has 3 aromatic rings. The van der Waals surface area contributed by atoms with E-state index >= 15 is 0 Å². The van der Waals surface area contributed by atoms with Crippen LogP contribution in [0.25, 0.3) is 10.9 Å². The van der Waals surface area contributed by atoms with Crippen LogP contribution in [0.2, 0.25) is 0 Å². The maximum atomic E-state index is 12.4. The van der Waals surface area contributed by atoms with Crippen molar-refractivity contribution in [3.8, 4) is 0 Å². The van der Waals surface area contributed by atoms with Crippen molar-refractivity contribution in [2.75, 3.05) is 5.32 Å². The Morgan fingerprint density at radius 2 is 2.00 bits per heavy atom. The number of benzene rings is 1. The number of aryl methyl sites for hydroxylation is 2. The average Bonchev–Trinajstić information content (AvgIpc) is 2.98. The summed E-state index contributed by atoms with van der Waals surface area (Å²) >= 11 is 0. The van der Waals surface area contributed by atoms with Gasteiger partial charge in [-0.1, -0.05) is 19.9 Å². The Morgan fingerprint density at radius 3 is 2.68 bits per heavy atom. The smallest absolute Gasteiger partial charge is 0.319 e. The summed E-state index contributed by atoms with van der Waals surface area (Å²) in [7, 11) is 1.82. The van der Waals surface area contributed by atoms with Crippen molar-refractivity contribution >= 4 is 22.6 Å². The van der Waals surface area contributed by atoms with Gasteiger partial charge in [-0.2, -0.15) is 5.10 Å². The van der Waals surface area contributed by atoms with Gasteiger partial charge >= 0.3 is 6.03 Å². The summed E-state index contributed by atoms with van der Waals surface area (Å²) in [6, 6.07) is 9.11. The summed E-state index contributed by atoms with van der Waals surface area (Å²) in [6.07, 6.45) is 1.49. The van der Waals surface area contributed by atoms with Crippen molar-refractivity contribution in [1.82, 2.24) is 25.1 Å². The van der Waals surface area contributed by atoms with Crippen LogP contribution in [0.4, 0.5) is 10.5 Å². The highest BCUT2D eigenvalue weighted by Gasteiger charge is 2.22. The van der Waals surface area contributed by atoms with Crippen LogP contribution in [0, 0.1) is 12.8 Å². The lowest BCUT2D eigenvalue weighted by atomic mass is 10.0. The van der Waals surface area contributed by atoms with E-state index < -0.39 is 0 Å². The normalized spacial score (nSPS) is 12.4. The molecule has 130 valence electrons. The number of rotatable bonds is 4. The van der Waals surface area contributed by atoms with Gasteiger partial charge < -0.3 is 10.6 Å². The number of carbonyl (C=O) groups is 1. The standard InChI is InChI=1S/C18H22N6O/c1-11(2)16(17-19-10-20-24(17)4)23-18(25)22-14-7-8-15-13(9-14)6-5-12(3)21-15/h5-11,16H,1-4H3,(H2,22,23,25). The monoisotopic (exact) mass is 338 g/mol. The fourth-order valence-electron chi connectivity index (χ4n) is 2.73. The SMILES string of the molecule is Cc1ccc2cc(NC(=O)NC(c3ncnn3C)C(C)C)ccc2n1. The summed E-state index contributed by atoms with van der Waals surface area (Å²) in [6.45, 7) is 6.02. The van der Waals surface area contributed by atoms with Crippen LogP contribution in [0.15, 0.2) is 36.7 Å². The van der Waals surface area contributed by atoms with E-state index in [-0.39, 0.29) is 18.0 Å². The third kappa shape index (κ3) is 3.76. The minimum Gasteiger partial charge on any atom is -0.328 e. The van der Waals surface area contributed by atoms with E-state index in [0.29, 0.717) is 0 Å². The highest BCUT2D eigenvalue weighted by Crippen LogP contribution is 2.21. The Kier molecular flexibility index (Phi) is 4.65. The quantitative estimate of drug-likeness (QED) is 0.765. The zero-order valence-electron chi connectivity index (χ0n) is 14.8. The number of aromatic nitrogens is 4. The van der Waals surface area contributed by atoms with Crippen LogP contribution < -0.4 is 10.6 Å². The van der Waals surface area contributed by atoms with Crippen LogP contribution >= 0.6 is 0 Å². The van der Waals surface area contributed by atoms with Gasteiger partial charge in [-0.05, 0) is 37.1 Å². The van der Waals surface area contributed by atoms with Gasteiger partial charge in [0.15, 0.2) is 0 Å². The molecule has 1 unspecified atom stereocenters. The molecule has 0 radical (unpaired) electrons. The predicted molar refractivity (Wildman–Crippen MR) is 97.2 cm³/mol. The molecule has 1 atom stereocenters. The van der Waals surface area contributed by atoms with Gasteiger partial charge in [-0.25, -0.2) is 9.78 Å². The highest BCUT2D eigenvalue weighted by atomic mass is 16.2. The molecule has 1 aromatic carbocycles. The molecule has 2 N–H and O–H groups in total. The predicted octanol–water partition coefficient (Wildman–Crippen LogP) is 3.19. The third-order valence-corrected chi connectivity index (χ3v) is 4.06. The van der Waals surface area contributed by atoms with Gasteiger partial charge in [0.25, 0.3) is 0 Å². The molecule has 7 nitrogen and oxygen atoms in total. The molecule has 7 heteroatoms. The fraction of sp³-hybridized carbons (Fsp3) is 0.333. The first-order valence-electron chi connectivity index (χ1n) is 8.23. The third-order valence-electron chi connectivity index (χ3n) is 4.06. The number of urea groups is 1. The minimum absolute atomic E-state index is 0.178. The number of amides is 2. The van der Waals surface area contributed by atoms with Gasteiger partial charge in [0.1, 0.15) is 12.2 Å². The van der Waals surface area contributed by atoms with Gasteiger partial charge in [-0.3, -0.25) is 9.67 Å². The lowest BCUT2D eigenvalue weighted by Gasteiger charge is -2.21. The van der Waals surface area contributed by atoms with E-state index in [2.05, 4.69) is 25.7 Å². The van der Waals surface area contributed by atoms with Gasteiger partial charge in [0.05, 0.1) is 11.6 Å². The van der Waals surface area contributed by atoms with E-state index in [0.717, 1.165) is 28.1 Å². The van der Waals surface area contributed by atoms with Crippen molar-refractivity contribution in [3.05, 3.63) is 48.2 Å². The first-order chi connectivity index (χ1) is 11.9. The van der Waals surface area contributed by atoms with Crippen LogP contribution in [-0.4, -0.2) is 25.8 Å². The number of carbonyl (C=O) groups excluding carboxylic acids is 1. The molecule has 2 amide bonds. The van der Waals surface area contributed by atoms with Crippen molar-refractivity contribution in [2.24, 2.45) is 13.0 Å². The lowest BCUT2D eigenvalue weighted by Crippen LogP contribution is -2.36. The molecular formula is C18H22N6O. The van der Waals surface area contributed by atoms with Gasteiger partial charge in [0.2, 0.25) is 0 Å². The first kappa shape index (κ1) is 16.9. The first-order valence-corrected chi connectivity index (χ1v) is 8.23. The zero-order chi connectivity index (χ0) is 18.0. The Morgan fingerprint density at radius 1 is 1.20 bits per heavy atom. The molecule has 2 heterocycles. The van der Waals surface area contributed by atoms with E-state index in [1.807, 2.05) is 58.2 Å². The summed E-state index contributed by atoms with van der Waals surface area (Å²) in [5.74, 6) is 0.903. The Hall–Kier alpha value is -2.96. The van der Waals surface area contributed by atoms with E-state index in [9.17, 15) is 4.79 Å². The number of pyridine rings is 1. The van der Waals surface area contributed by atoms with E-state index in [4.69, 9.17) is 0 Å². The second kappa shape index (κ2) is 6.88. The van der Waals surface area contributed by atoms with Crippen molar-refractivity contribution in [3.63, 3.8) is 0 Å². The van der Waals surface area contributed by atoms with Crippen molar-refractivity contribution in [1.29, 1.82) is 0 Å². The Bertz CT molecular complexity index is 901. The number of anilines is 1. The molecule has 0 saturated heterocycles. The van der Waals surface area contributed by atoms with E-state index in [1.54, 1.807) is 4.68 Å². The van der Waals surface area contributed by atoms with Gasteiger partial charge in [0, 0.05) is 23.8 Å². The number of nitrogens with one attached hydrogen (secondary N) is 2. The number of nitrogens with zero attached hydrogens (tertiary/aromatic N) is 4. The Balaban J connectivity index is 1.75. The molecule has 2 aromatic heterocycles. The summed E-state index contributed by atoms with van der Waals surface area (Å²) in [5.41, 5.74) is 2.59. The molecule has 3 rings (SSSR count). The largest absolute Gasteiger partial charge is 0.328 e. The molecule has 0 bridgehead atoms. The molecule has 0 aliphatic carbocycles. The lowest BCUT2D eigenvalue weighted by molar-refractivity contribution is 0.243. The minimum atomic E-state index is -0.277. The molecule has 0 fully saturated rings. The molecule has 0 spiro atoms. The zero-order valence-corrected chi connectivity index (χ0v) is 14.8. The molecule has 0 aliphatic rings. The molecule has 0 saturated carbocycles. The number of hydrogen-bond donors (Lipinski definition) is 2. The summed E-state index contributed by atoms with van der Waals surface area (Å²) in [5, 5.41) is 10.9. The molecular weight excluding hydrogens is 316 g/mol. The molecule has 0 aliphatic heterocycles. The number of hydrogen-bond acceptors (Lipinski definition) is 4. The fourth-order valence-corrected chi connectivity index (χ4v) is 2.73. The van der Waals surface area contributed by atoms with Crippen LogP contribution in [-0.2, 0) is 7.05 Å². The van der Waals surface area contributed by atoms with Gasteiger partial charge in [-0.15, -0.1) is 0 Å². The van der Waals surface area contributed by atoms with Crippen LogP contribution in [0.5, 0.6) is 0 Å². The summed E-state index contributed by atoms with van der Waals surface area (Å²) in [4.78, 5) is 21.1. The van der Waals surface area contributed by atoms with Crippen LogP contribution in [0.3, 0.4) is 0 Å². The van der Waals surface area contributed by atoms with Crippen molar-refractivity contribution in [2.45, 2.75) is 26.8 Å². The maximum absolute atomic E-state index is 12.4. The van der Waals surface area contributed by atoms with E-state index in [1.165, 1.54) is 6.33 Å². The van der Waals surface area contributed by atoms with Crippen molar-refractivity contribution < 1.29 is 4.79 Å². The highest BCUT2D eigenvalue weighted by molar-refractivity contribution is 5.92. The number of fused-ring (bicyclic) bond motifs is 1. The average molecular weight is 338 g/mol. The van der Waals surface area contributed by atoms with Crippen LogP contribution in [0.1, 0.15) is 31.4 Å². The Labute approximate surface area is 146 Å². The molecule has 25 heavy (non-hydrogen) atoms. The second-order valence-corrected chi connectivity index (χ2v) is 6.42. The maximum Gasteiger partial charge on any atom is 0.319 e. The summed E-state index contributed by atoms with van der Waals surface area (Å²) < 4.78 is 1.68. The second-order valence-electron chi connectivity index (χ2n) is 6.42. The topological polar surface area (TPSA) is 84.7 Å².